The molecule has 0 aromatic rings. The Morgan fingerprint density at radius 2 is 2.00 bits per heavy atom. The summed E-state index contributed by atoms with van der Waals surface area (Å²) in [6.07, 6.45) is 1.25. The van der Waals surface area contributed by atoms with Crippen LogP contribution in [0.5, 0.6) is 0 Å². The van der Waals surface area contributed by atoms with Gasteiger partial charge in [0.05, 0.1) is 19.8 Å². The number of hydrogen-bond donors (Lipinski definition) is 1. The zero-order valence-electron chi connectivity index (χ0n) is 11.1. The standard InChI is InChI=1S/C12H25NO4/c1-11(2)13(6-9-17-10-7-14)12(15)5-4-8-16-3/h11,14H,4-10H2,1-3H3. The SMILES string of the molecule is COCCCC(=O)N(CCOCCO)C(C)C. The normalized spacial score (nSPS) is 10.9. The lowest BCUT2D eigenvalue weighted by molar-refractivity contribution is -0.134. The number of nitrogens with zero attached hydrogens (tertiary/aromatic N) is 1. The van der Waals surface area contributed by atoms with Crippen LogP contribution in [0.2, 0.25) is 0 Å². The van der Waals surface area contributed by atoms with Gasteiger partial charge in [0.2, 0.25) is 5.91 Å². The van der Waals surface area contributed by atoms with Crippen molar-refractivity contribution in [3.8, 4) is 0 Å². The topological polar surface area (TPSA) is 59.0 Å². The third-order valence-electron chi connectivity index (χ3n) is 2.39. The second kappa shape index (κ2) is 10.5. The van der Waals surface area contributed by atoms with Crippen molar-refractivity contribution in [2.75, 3.05) is 40.1 Å². The minimum atomic E-state index is 0.0173. The van der Waals surface area contributed by atoms with Crippen LogP contribution in [-0.2, 0) is 14.3 Å². The molecule has 0 heterocycles. The molecule has 0 aliphatic carbocycles. The number of hydrogen-bond acceptors (Lipinski definition) is 4. The predicted molar refractivity (Wildman–Crippen MR) is 65.9 cm³/mol. The zero-order valence-corrected chi connectivity index (χ0v) is 11.1. The first-order valence-corrected chi connectivity index (χ1v) is 6.10. The zero-order chi connectivity index (χ0) is 13.1. The highest BCUT2D eigenvalue weighted by molar-refractivity contribution is 5.76. The van der Waals surface area contributed by atoms with Crippen LogP contribution in [0.1, 0.15) is 26.7 Å². The lowest BCUT2D eigenvalue weighted by Crippen LogP contribution is -2.39. The molecule has 0 saturated carbocycles. The second-order valence-corrected chi connectivity index (χ2v) is 4.11. The molecule has 0 unspecified atom stereocenters. The van der Waals surface area contributed by atoms with Crippen LogP contribution in [0, 0.1) is 0 Å². The number of amides is 1. The Hall–Kier alpha value is -0.650. The molecule has 102 valence electrons. The van der Waals surface area contributed by atoms with Gasteiger partial charge in [-0.2, -0.15) is 0 Å². The van der Waals surface area contributed by atoms with Crippen LogP contribution >= 0.6 is 0 Å². The van der Waals surface area contributed by atoms with Gasteiger partial charge in [0.15, 0.2) is 0 Å². The number of carbonyl (C=O) groups is 1. The molecular formula is C12H25NO4. The van der Waals surface area contributed by atoms with Crippen molar-refractivity contribution in [1.82, 2.24) is 4.90 Å². The molecule has 0 fully saturated rings. The first-order chi connectivity index (χ1) is 8.13. The molecule has 0 aliphatic rings. The van der Waals surface area contributed by atoms with E-state index in [1.165, 1.54) is 0 Å². The molecule has 0 radical (unpaired) electrons. The highest BCUT2D eigenvalue weighted by Gasteiger charge is 2.15. The summed E-state index contributed by atoms with van der Waals surface area (Å²) in [5, 5.41) is 8.57. The molecule has 0 aliphatic heterocycles. The van der Waals surface area contributed by atoms with Gasteiger partial charge in [-0.15, -0.1) is 0 Å². The summed E-state index contributed by atoms with van der Waals surface area (Å²) in [6.45, 7) is 5.96. The molecule has 0 rings (SSSR count). The quantitative estimate of drug-likeness (QED) is 0.576. The van der Waals surface area contributed by atoms with E-state index in [9.17, 15) is 4.79 Å². The molecule has 17 heavy (non-hydrogen) atoms. The molecule has 0 atom stereocenters. The van der Waals surface area contributed by atoms with Crippen LogP contribution in [-0.4, -0.2) is 62.0 Å². The summed E-state index contributed by atoms with van der Waals surface area (Å²) in [5.74, 6) is 0.129. The van der Waals surface area contributed by atoms with Crippen LogP contribution in [0.15, 0.2) is 0 Å². The maximum absolute atomic E-state index is 11.9. The van der Waals surface area contributed by atoms with Crippen LogP contribution < -0.4 is 0 Å². The Labute approximate surface area is 104 Å². The van der Waals surface area contributed by atoms with E-state index in [4.69, 9.17) is 14.6 Å². The first-order valence-electron chi connectivity index (χ1n) is 6.10. The number of carbonyl (C=O) groups excluding carboxylic acids is 1. The van der Waals surface area contributed by atoms with Gasteiger partial charge in [0, 0.05) is 32.7 Å². The second-order valence-electron chi connectivity index (χ2n) is 4.11. The van der Waals surface area contributed by atoms with Crippen LogP contribution in [0.25, 0.3) is 0 Å². The van der Waals surface area contributed by atoms with E-state index in [0.29, 0.717) is 32.8 Å². The van der Waals surface area contributed by atoms with Crippen LogP contribution in [0.4, 0.5) is 0 Å². The monoisotopic (exact) mass is 247 g/mol. The minimum Gasteiger partial charge on any atom is -0.394 e. The van der Waals surface area contributed by atoms with Gasteiger partial charge in [0.25, 0.3) is 0 Å². The Balaban J connectivity index is 3.90. The largest absolute Gasteiger partial charge is 0.394 e. The molecule has 0 saturated heterocycles. The van der Waals surface area contributed by atoms with E-state index < -0.39 is 0 Å². The number of aliphatic hydroxyl groups is 1. The number of aliphatic hydroxyl groups excluding tert-OH is 1. The van der Waals surface area contributed by atoms with Crippen LogP contribution in [0.3, 0.4) is 0 Å². The predicted octanol–water partition coefficient (Wildman–Crippen LogP) is 0.659. The first kappa shape index (κ1) is 16.4. The van der Waals surface area contributed by atoms with Crippen molar-refractivity contribution in [3.63, 3.8) is 0 Å². The summed E-state index contributed by atoms with van der Waals surface area (Å²) in [4.78, 5) is 13.7. The van der Waals surface area contributed by atoms with Gasteiger partial charge in [-0.25, -0.2) is 0 Å². The highest BCUT2D eigenvalue weighted by Crippen LogP contribution is 2.04. The highest BCUT2D eigenvalue weighted by atomic mass is 16.5. The van der Waals surface area contributed by atoms with Gasteiger partial charge in [-0.3, -0.25) is 4.79 Å². The Morgan fingerprint density at radius 1 is 1.29 bits per heavy atom. The Kier molecular flexibility index (Phi) is 10.1. The summed E-state index contributed by atoms with van der Waals surface area (Å²) >= 11 is 0. The number of methoxy groups -OCH3 is 1. The van der Waals surface area contributed by atoms with Gasteiger partial charge in [-0.1, -0.05) is 0 Å². The molecule has 1 amide bonds. The summed E-state index contributed by atoms with van der Waals surface area (Å²) in [6, 6.07) is 0.169. The van der Waals surface area contributed by atoms with E-state index in [0.717, 1.165) is 6.42 Å². The lowest BCUT2D eigenvalue weighted by Gasteiger charge is -2.26. The smallest absolute Gasteiger partial charge is 0.222 e. The third kappa shape index (κ3) is 8.12. The Bertz CT molecular complexity index is 197. The summed E-state index contributed by atoms with van der Waals surface area (Å²) in [7, 11) is 1.63. The van der Waals surface area contributed by atoms with Crippen molar-refractivity contribution in [3.05, 3.63) is 0 Å². The van der Waals surface area contributed by atoms with Crippen molar-refractivity contribution in [1.29, 1.82) is 0 Å². The van der Waals surface area contributed by atoms with E-state index in [2.05, 4.69) is 0 Å². The third-order valence-corrected chi connectivity index (χ3v) is 2.39. The van der Waals surface area contributed by atoms with E-state index in [1.54, 1.807) is 12.0 Å². The average Bonchev–Trinajstić information content (AvgIpc) is 2.28. The lowest BCUT2D eigenvalue weighted by atomic mass is 10.2. The molecule has 0 spiro atoms. The minimum absolute atomic E-state index is 0.0173. The molecule has 5 heteroatoms. The van der Waals surface area contributed by atoms with Gasteiger partial charge in [0.1, 0.15) is 0 Å². The number of ether oxygens (including phenoxy) is 2. The fourth-order valence-corrected chi connectivity index (χ4v) is 1.51. The molecular weight excluding hydrogens is 222 g/mol. The van der Waals surface area contributed by atoms with Gasteiger partial charge < -0.3 is 19.5 Å². The van der Waals surface area contributed by atoms with Gasteiger partial charge >= 0.3 is 0 Å². The molecule has 5 nitrogen and oxygen atoms in total. The van der Waals surface area contributed by atoms with Gasteiger partial charge in [-0.05, 0) is 20.3 Å². The van der Waals surface area contributed by atoms with Crippen molar-refractivity contribution < 1.29 is 19.4 Å². The molecule has 0 aromatic heterocycles. The Morgan fingerprint density at radius 3 is 2.53 bits per heavy atom. The number of rotatable bonds is 10. The average molecular weight is 247 g/mol. The fraction of sp³-hybridized carbons (Fsp3) is 0.917. The van der Waals surface area contributed by atoms with E-state index in [-0.39, 0.29) is 18.6 Å². The molecule has 1 N–H and O–H groups in total. The fourth-order valence-electron chi connectivity index (χ4n) is 1.51. The summed E-state index contributed by atoms with van der Waals surface area (Å²) < 4.78 is 10.1. The van der Waals surface area contributed by atoms with E-state index >= 15 is 0 Å². The van der Waals surface area contributed by atoms with Crippen molar-refractivity contribution in [2.24, 2.45) is 0 Å². The maximum Gasteiger partial charge on any atom is 0.222 e. The molecule has 0 aromatic carbocycles. The van der Waals surface area contributed by atoms with Crippen molar-refractivity contribution in [2.45, 2.75) is 32.7 Å². The van der Waals surface area contributed by atoms with E-state index in [1.807, 2.05) is 13.8 Å². The maximum atomic E-state index is 11.9. The summed E-state index contributed by atoms with van der Waals surface area (Å²) in [5.41, 5.74) is 0. The molecule has 0 bridgehead atoms. The van der Waals surface area contributed by atoms with Crippen molar-refractivity contribution >= 4 is 5.91 Å².